The summed E-state index contributed by atoms with van der Waals surface area (Å²) in [4.78, 5) is 6.73. The van der Waals surface area contributed by atoms with Crippen molar-refractivity contribution >= 4 is 51.5 Å². The molecule has 0 radical (unpaired) electrons. The summed E-state index contributed by atoms with van der Waals surface area (Å²) in [6.45, 7) is 2.45. The zero-order chi connectivity index (χ0) is 25.9. The maximum Gasteiger partial charge on any atom is 0.416 e. The second kappa shape index (κ2) is 11.2. The van der Waals surface area contributed by atoms with E-state index in [0.29, 0.717) is 28.9 Å². The predicted molar refractivity (Wildman–Crippen MR) is 143 cm³/mol. The summed E-state index contributed by atoms with van der Waals surface area (Å²) in [6.07, 6.45) is -4.04. The van der Waals surface area contributed by atoms with E-state index in [0.717, 1.165) is 28.8 Å². The van der Waals surface area contributed by atoms with Crippen LogP contribution in [0.3, 0.4) is 0 Å². The number of nitrogens with zero attached hydrogens (tertiary/aromatic N) is 2. The molecule has 1 atom stereocenters. The number of halogens is 5. The van der Waals surface area contributed by atoms with Crippen molar-refractivity contribution < 1.29 is 17.6 Å². The summed E-state index contributed by atoms with van der Waals surface area (Å²) < 4.78 is 53.2. The van der Waals surface area contributed by atoms with Gasteiger partial charge in [0.05, 0.1) is 11.6 Å². The molecular weight excluding hydrogens is 530 g/mol. The van der Waals surface area contributed by atoms with Crippen molar-refractivity contribution in [3.05, 3.63) is 99.8 Å². The lowest BCUT2D eigenvalue weighted by Gasteiger charge is -2.23. The summed E-state index contributed by atoms with van der Waals surface area (Å²) in [5.41, 5.74) is 1.95. The van der Waals surface area contributed by atoms with Gasteiger partial charge in [0.1, 0.15) is 5.82 Å². The van der Waals surface area contributed by atoms with Gasteiger partial charge in [0, 0.05) is 23.0 Å². The smallest absolute Gasteiger partial charge is 0.332 e. The molecule has 0 amide bonds. The van der Waals surface area contributed by atoms with Crippen molar-refractivity contribution in [2.45, 2.75) is 25.6 Å². The summed E-state index contributed by atoms with van der Waals surface area (Å²) in [5, 5.41) is 4.36. The van der Waals surface area contributed by atoms with E-state index in [1.54, 1.807) is 11.0 Å². The minimum absolute atomic E-state index is 0.240. The molecule has 1 saturated heterocycles. The number of hydrogen-bond donors (Lipinski definition) is 1. The van der Waals surface area contributed by atoms with Gasteiger partial charge < -0.3 is 5.32 Å². The molecule has 1 heterocycles. The highest BCUT2D eigenvalue weighted by atomic mass is 35.5. The Labute approximate surface area is 221 Å². The number of hydrogen-bond acceptors (Lipinski definition) is 3. The van der Waals surface area contributed by atoms with Crippen LogP contribution in [0.25, 0.3) is 0 Å². The molecule has 3 aromatic rings. The number of benzene rings is 3. The maximum absolute atomic E-state index is 13.9. The largest absolute Gasteiger partial charge is 0.416 e. The highest BCUT2D eigenvalue weighted by molar-refractivity contribution is 8.14. The minimum atomic E-state index is -4.45. The molecule has 1 fully saturated rings. The van der Waals surface area contributed by atoms with Gasteiger partial charge in [0.15, 0.2) is 10.3 Å². The molecule has 4 rings (SSSR count). The fraction of sp³-hybridized carbons (Fsp3) is 0.231. The number of anilines is 1. The van der Waals surface area contributed by atoms with Gasteiger partial charge in [-0.05, 0) is 72.6 Å². The van der Waals surface area contributed by atoms with Crippen LogP contribution in [0.4, 0.5) is 23.2 Å². The molecule has 0 saturated carbocycles. The quantitative estimate of drug-likeness (QED) is 0.258. The molecule has 0 aromatic heterocycles. The van der Waals surface area contributed by atoms with E-state index in [1.165, 1.54) is 36.0 Å². The lowest BCUT2D eigenvalue weighted by Crippen LogP contribution is -2.35. The number of thioether (sulfide) groups is 1. The van der Waals surface area contributed by atoms with Crippen molar-refractivity contribution in [3.63, 3.8) is 0 Å². The second-order valence-corrected chi connectivity index (χ2v) is 10.1. The van der Waals surface area contributed by atoms with Crippen molar-refractivity contribution in [1.82, 2.24) is 4.90 Å². The minimum Gasteiger partial charge on any atom is -0.332 e. The van der Waals surface area contributed by atoms with Crippen LogP contribution in [0.2, 0.25) is 5.02 Å². The van der Waals surface area contributed by atoms with Crippen LogP contribution >= 0.6 is 35.6 Å². The number of aliphatic imine (C=N–C) groups is 1. The maximum atomic E-state index is 13.9. The lowest BCUT2D eigenvalue weighted by atomic mass is 9.98. The van der Waals surface area contributed by atoms with Gasteiger partial charge in [-0.1, -0.05) is 59.8 Å². The van der Waals surface area contributed by atoms with E-state index >= 15 is 0 Å². The van der Waals surface area contributed by atoms with Gasteiger partial charge in [-0.2, -0.15) is 13.2 Å². The molecule has 0 spiro atoms. The van der Waals surface area contributed by atoms with E-state index in [-0.39, 0.29) is 16.6 Å². The Morgan fingerprint density at radius 3 is 2.64 bits per heavy atom. The molecule has 3 aromatic carbocycles. The van der Waals surface area contributed by atoms with E-state index in [9.17, 15) is 17.6 Å². The summed E-state index contributed by atoms with van der Waals surface area (Å²) >= 11 is 13.7. The number of nitrogens with one attached hydrogen (secondary N) is 1. The first-order valence-corrected chi connectivity index (χ1v) is 12.8. The summed E-state index contributed by atoms with van der Waals surface area (Å²) in [7, 11) is 0. The van der Waals surface area contributed by atoms with Crippen LogP contribution in [0.5, 0.6) is 0 Å². The van der Waals surface area contributed by atoms with Crippen LogP contribution in [0.1, 0.15) is 28.3 Å². The Hall–Kier alpha value is -2.62. The van der Waals surface area contributed by atoms with Crippen LogP contribution in [-0.4, -0.2) is 27.5 Å². The molecule has 10 heteroatoms. The molecule has 36 heavy (non-hydrogen) atoms. The average molecular weight is 552 g/mol. The van der Waals surface area contributed by atoms with E-state index in [4.69, 9.17) is 28.8 Å². The number of rotatable bonds is 5. The van der Waals surface area contributed by atoms with Gasteiger partial charge in [-0.3, -0.25) is 9.89 Å². The van der Waals surface area contributed by atoms with E-state index in [1.807, 2.05) is 31.2 Å². The van der Waals surface area contributed by atoms with Crippen LogP contribution < -0.4 is 5.32 Å². The van der Waals surface area contributed by atoms with Crippen molar-refractivity contribution in [1.29, 1.82) is 0 Å². The monoisotopic (exact) mass is 551 g/mol. The highest BCUT2D eigenvalue weighted by Gasteiger charge is 2.31. The third kappa shape index (κ3) is 6.38. The average Bonchev–Trinajstić information content (AvgIpc) is 3.28. The topological polar surface area (TPSA) is 27.6 Å². The Morgan fingerprint density at radius 1 is 1.14 bits per heavy atom. The van der Waals surface area contributed by atoms with Crippen LogP contribution in [-0.2, 0) is 12.6 Å². The van der Waals surface area contributed by atoms with Crippen molar-refractivity contribution in [2.75, 3.05) is 17.6 Å². The molecular formula is C26H22ClF4N3S2. The summed E-state index contributed by atoms with van der Waals surface area (Å²) in [5.74, 6) is 0.370. The molecule has 3 nitrogen and oxygen atoms in total. The fourth-order valence-corrected chi connectivity index (χ4v) is 5.44. The zero-order valence-corrected chi connectivity index (χ0v) is 21.5. The third-order valence-corrected chi connectivity index (χ3v) is 7.44. The van der Waals surface area contributed by atoms with Crippen molar-refractivity contribution in [2.24, 2.45) is 4.99 Å². The first-order chi connectivity index (χ1) is 17.1. The molecule has 1 aliphatic heterocycles. The SMILES string of the molecule is Cc1cccc(C(Cc2cccc(F)c2)N=C2SCCN2C(=S)Nc2cccc(C(F)(F)F)c2)c1Cl. The highest BCUT2D eigenvalue weighted by Crippen LogP contribution is 2.34. The fourth-order valence-electron chi connectivity index (χ4n) is 3.83. The van der Waals surface area contributed by atoms with Gasteiger partial charge in [0.2, 0.25) is 0 Å². The first-order valence-electron chi connectivity index (χ1n) is 11.1. The van der Waals surface area contributed by atoms with E-state index < -0.39 is 17.8 Å². The third-order valence-electron chi connectivity index (χ3n) is 5.63. The second-order valence-electron chi connectivity index (χ2n) is 8.25. The number of aryl methyl sites for hydroxylation is 1. The summed E-state index contributed by atoms with van der Waals surface area (Å²) in [6, 6.07) is 16.5. The molecule has 1 unspecified atom stereocenters. The lowest BCUT2D eigenvalue weighted by molar-refractivity contribution is -0.137. The van der Waals surface area contributed by atoms with Gasteiger partial charge >= 0.3 is 6.18 Å². The molecule has 188 valence electrons. The molecule has 0 aliphatic carbocycles. The van der Waals surface area contributed by atoms with E-state index in [2.05, 4.69) is 5.32 Å². The molecule has 1 N–H and O–H groups in total. The zero-order valence-electron chi connectivity index (χ0n) is 19.2. The van der Waals surface area contributed by atoms with Gasteiger partial charge in [-0.25, -0.2) is 4.39 Å². The Kier molecular flexibility index (Phi) is 8.22. The van der Waals surface area contributed by atoms with Crippen molar-refractivity contribution in [3.8, 4) is 0 Å². The number of alkyl halides is 3. The number of amidine groups is 1. The molecule has 1 aliphatic rings. The Morgan fingerprint density at radius 2 is 1.89 bits per heavy atom. The Balaban J connectivity index is 1.63. The standard InChI is InChI=1S/C26H22ClF4N3S2/c1-16-5-2-10-21(23(16)27)22(14-17-6-3-8-19(28)13-17)33-25-34(11-12-36-25)24(35)32-20-9-4-7-18(15-20)26(29,30)31/h2-10,13,15,22H,11-12,14H2,1H3,(H,32,35). The predicted octanol–water partition coefficient (Wildman–Crippen LogP) is 7.89. The number of thiocarbonyl (C=S) groups is 1. The van der Waals surface area contributed by atoms with Gasteiger partial charge in [0.25, 0.3) is 0 Å². The normalized spacial score (nSPS) is 15.8. The van der Waals surface area contributed by atoms with Gasteiger partial charge in [-0.15, -0.1) is 0 Å². The first kappa shape index (κ1) is 26.4. The Bertz CT molecular complexity index is 1300. The van der Waals surface area contributed by atoms with Crippen LogP contribution in [0.15, 0.2) is 71.7 Å². The van der Waals surface area contributed by atoms with Crippen LogP contribution in [0, 0.1) is 12.7 Å². The molecule has 0 bridgehead atoms.